The lowest BCUT2D eigenvalue weighted by atomic mass is 10.1. The first-order valence-corrected chi connectivity index (χ1v) is 3.99. The average Bonchev–Trinajstić information content (AvgIpc) is 1.98. The predicted molar refractivity (Wildman–Crippen MR) is 44.0 cm³/mol. The Morgan fingerprint density at radius 1 is 1.30 bits per heavy atom. The third-order valence-electron chi connectivity index (χ3n) is 1.39. The molecule has 0 saturated heterocycles. The predicted octanol–water partition coefficient (Wildman–Crippen LogP) is 2.71. The average molecular weight is 140 g/mol. The molecule has 0 radical (unpaired) electrons. The zero-order valence-electron chi connectivity index (χ0n) is 6.89. The number of hydrogen-bond donors (Lipinski definition) is 0. The molecule has 0 rings (SSSR count). The Hall–Kier alpha value is -0.590. The van der Waals surface area contributed by atoms with Gasteiger partial charge < -0.3 is 0 Å². The zero-order valence-corrected chi connectivity index (χ0v) is 6.89. The van der Waals surface area contributed by atoms with Crippen molar-refractivity contribution in [1.29, 1.82) is 0 Å². The van der Waals surface area contributed by atoms with Crippen molar-refractivity contribution in [3.63, 3.8) is 0 Å². The lowest BCUT2D eigenvalue weighted by Crippen LogP contribution is -1.83. The van der Waals surface area contributed by atoms with Crippen molar-refractivity contribution in [2.45, 2.75) is 39.5 Å². The minimum atomic E-state index is 0.934. The van der Waals surface area contributed by atoms with E-state index in [1.807, 2.05) is 6.08 Å². The maximum absolute atomic E-state index is 10.3. The number of carbonyl (C=O) groups is 1. The summed E-state index contributed by atoms with van der Waals surface area (Å²) < 4.78 is 0. The minimum Gasteiger partial charge on any atom is -0.298 e. The molecular formula is C9H16O. The van der Waals surface area contributed by atoms with Crippen LogP contribution in [-0.4, -0.2) is 6.29 Å². The summed E-state index contributed by atoms with van der Waals surface area (Å²) in [6, 6.07) is 0. The summed E-state index contributed by atoms with van der Waals surface area (Å²) in [5.41, 5.74) is 0.962. The van der Waals surface area contributed by atoms with Gasteiger partial charge in [-0.3, -0.25) is 4.79 Å². The van der Waals surface area contributed by atoms with Gasteiger partial charge in [0, 0.05) is 0 Å². The molecule has 10 heavy (non-hydrogen) atoms. The van der Waals surface area contributed by atoms with E-state index in [-0.39, 0.29) is 0 Å². The number of allylic oxidation sites excluding steroid dienone is 2. The second-order valence-electron chi connectivity index (χ2n) is 2.44. The van der Waals surface area contributed by atoms with Crippen molar-refractivity contribution in [1.82, 2.24) is 0 Å². The highest BCUT2D eigenvalue weighted by Gasteiger charge is 1.90. The first kappa shape index (κ1) is 9.41. The molecule has 1 nitrogen and oxygen atoms in total. The Morgan fingerprint density at radius 2 is 2.00 bits per heavy atom. The van der Waals surface area contributed by atoms with E-state index in [0.29, 0.717) is 0 Å². The van der Waals surface area contributed by atoms with Crippen LogP contribution in [0.15, 0.2) is 11.6 Å². The lowest BCUT2D eigenvalue weighted by molar-refractivity contribution is -0.105. The Kier molecular flexibility index (Phi) is 6.14. The third kappa shape index (κ3) is 4.30. The quantitative estimate of drug-likeness (QED) is 0.424. The fourth-order valence-electron chi connectivity index (χ4n) is 0.828. The Bertz CT molecular complexity index is 114. The monoisotopic (exact) mass is 140 g/mol. The van der Waals surface area contributed by atoms with Gasteiger partial charge in [0.25, 0.3) is 0 Å². The molecule has 0 aromatic carbocycles. The SMILES string of the molecule is CCC/C=C(\C=O)CCC. The number of hydrogen-bond acceptors (Lipinski definition) is 1. The van der Waals surface area contributed by atoms with Crippen LogP contribution in [0.4, 0.5) is 0 Å². The maximum atomic E-state index is 10.3. The van der Waals surface area contributed by atoms with Crippen LogP contribution in [0, 0.1) is 0 Å². The van der Waals surface area contributed by atoms with E-state index in [1.54, 1.807) is 0 Å². The molecule has 0 bridgehead atoms. The van der Waals surface area contributed by atoms with Crippen molar-refractivity contribution < 1.29 is 4.79 Å². The molecule has 0 amide bonds. The largest absolute Gasteiger partial charge is 0.298 e. The van der Waals surface area contributed by atoms with Crippen LogP contribution < -0.4 is 0 Å². The summed E-state index contributed by atoms with van der Waals surface area (Å²) in [6.07, 6.45) is 7.17. The van der Waals surface area contributed by atoms with E-state index in [2.05, 4.69) is 13.8 Å². The molecule has 0 atom stereocenters. The van der Waals surface area contributed by atoms with Crippen LogP contribution in [0.25, 0.3) is 0 Å². The van der Waals surface area contributed by atoms with Crippen LogP contribution in [0.5, 0.6) is 0 Å². The van der Waals surface area contributed by atoms with Gasteiger partial charge in [-0.1, -0.05) is 32.8 Å². The van der Waals surface area contributed by atoms with Crippen LogP contribution in [0.1, 0.15) is 39.5 Å². The van der Waals surface area contributed by atoms with Gasteiger partial charge in [0.2, 0.25) is 0 Å². The Morgan fingerprint density at radius 3 is 2.40 bits per heavy atom. The second kappa shape index (κ2) is 6.53. The maximum Gasteiger partial charge on any atom is 0.145 e. The van der Waals surface area contributed by atoms with E-state index in [1.165, 1.54) is 0 Å². The molecule has 0 heterocycles. The molecule has 58 valence electrons. The molecule has 0 spiro atoms. The number of rotatable bonds is 5. The topological polar surface area (TPSA) is 17.1 Å². The summed E-state index contributed by atoms with van der Waals surface area (Å²) in [4.78, 5) is 10.3. The fraction of sp³-hybridized carbons (Fsp3) is 0.667. The van der Waals surface area contributed by atoms with E-state index in [4.69, 9.17) is 0 Å². The van der Waals surface area contributed by atoms with Gasteiger partial charge >= 0.3 is 0 Å². The highest BCUT2D eigenvalue weighted by Crippen LogP contribution is 2.03. The number of unbranched alkanes of at least 4 members (excludes halogenated alkanes) is 1. The first-order chi connectivity index (χ1) is 4.85. The minimum absolute atomic E-state index is 0.934. The highest BCUT2D eigenvalue weighted by molar-refractivity contribution is 5.72. The first-order valence-electron chi connectivity index (χ1n) is 3.99. The van der Waals surface area contributed by atoms with Crippen LogP contribution in [-0.2, 0) is 4.79 Å². The standard InChI is InChI=1S/C9H16O/c1-3-5-7-9(8-10)6-4-2/h7-8H,3-6H2,1-2H3/b9-7-. The summed E-state index contributed by atoms with van der Waals surface area (Å²) >= 11 is 0. The molecule has 0 aromatic rings. The molecule has 0 unspecified atom stereocenters. The van der Waals surface area contributed by atoms with Gasteiger partial charge in [-0.05, 0) is 18.4 Å². The molecule has 0 N–H and O–H groups in total. The van der Waals surface area contributed by atoms with Crippen molar-refractivity contribution >= 4 is 6.29 Å². The second-order valence-corrected chi connectivity index (χ2v) is 2.44. The van der Waals surface area contributed by atoms with Crippen molar-refractivity contribution in [2.75, 3.05) is 0 Å². The number of carbonyl (C=O) groups excluding carboxylic acids is 1. The smallest absolute Gasteiger partial charge is 0.145 e. The third-order valence-corrected chi connectivity index (χ3v) is 1.39. The van der Waals surface area contributed by atoms with Gasteiger partial charge in [0.15, 0.2) is 0 Å². The van der Waals surface area contributed by atoms with Gasteiger partial charge in [-0.15, -0.1) is 0 Å². The van der Waals surface area contributed by atoms with Gasteiger partial charge in [-0.2, -0.15) is 0 Å². The van der Waals surface area contributed by atoms with E-state index < -0.39 is 0 Å². The number of aldehydes is 1. The Labute approximate surface area is 63.1 Å². The van der Waals surface area contributed by atoms with E-state index in [9.17, 15) is 4.79 Å². The van der Waals surface area contributed by atoms with Crippen molar-refractivity contribution in [3.8, 4) is 0 Å². The Balaban J connectivity index is 3.66. The molecule has 0 aromatic heterocycles. The van der Waals surface area contributed by atoms with Crippen molar-refractivity contribution in [3.05, 3.63) is 11.6 Å². The zero-order chi connectivity index (χ0) is 7.82. The fourth-order valence-corrected chi connectivity index (χ4v) is 0.828. The van der Waals surface area contributed by atoms with E-state index in [0.717, 1.165) is 37.5 Å². The summed E-state index contributed by atoms with van der Waals surface area (Å²) in [7, 11) is 0. The van der Waals surface area contributed by atoms with Crippen LogP contribution in [0.3, 0.4) is 0 Å². The molecule has 0 saturated carbocycles. The van der Waals surface area contributed by atoms with Crippen molar-refractivity contribution in [2.24, 2.45) is 0 Å². The summed E-state index contributed by atoms with van der Waals surface area (Å²) in [5.74, 6) is 0. The molecule has 0 aliphatic carbocycles. The van der Waals surface area contributed by atoms with E-state index >= 15 is 0 Å². The van der Waals surface area contributed by atoms with Gasteiger partial charge in [0.1, 0.15) is 6.29 Å². The molecule has 0 fully saturated rings. The summed E-state index contributed by atoms with van der Waals surface area (Å²) in [5, 5.41) is 0. The molecular weight excluding hydrogens is 124 g/mol. The van der Waals surface area contributed by atoms with Gasteiger partial charge in [-0.25, -0.2) is 0 Å². The van der Waals surface area contributed by atoms with Crippen LogP contribution >= 0.6 is 0 Å². The normalized spacial score (nSPS) is 11.6. The van der Waals surface area contributed by atoms with Crippen LogP contribution in [0.2, 0.25) is 0 Å². The lowest BCUT2D eigenvalue weighted by Gasteiger charge is -1.93. The molecule has 1 heteroatoms. The summed E-state index contributed by atoms with van der Waals surface area (Å²) in [6.45, 7) is 4.20. The molecule has 0 aliphatic rings. The molecule has 0 aliphatic heterocycles. The highest BCUT2D eigenvalue weighted by atomic mass is 16.1. The van der Waals surface area contributed by atoms with Gasteiger partial charge in [0.05, 0.1) is 0 Å².